The van der Waals surface area contributed by atoms with Crippen LogP contribution in [-0.4, -0.2) is 42.0 Å². The summed E-state index contributed by atoms with van der Waals surface area (Å²) in [5, 5.41) is 4.27. The number of benzene rings is 1. The van der Waals surface area contributed by atoms with Gasteiger partial charge in [-0.1, -0.05) is 18.2 Å². The van der Waals surface area contributed by atoms with E-state index in [-0.39, 0.29) is 5.91 Å². The van der Waals surface area contributed by atoms with Crippen molar-refractivity contribution in [3.8, 4) is 0 Å². The first-order valence-electron chi connectivity index (χ1n) is 6.24. The lowest BCUT2D eigenvalue weighted by atomic mass is 10.1. The maximum Gasteiger partial charge on any atom is 0.270 e. The summed E-state index contributed by atoms with van der Waals surface area (Å²) in [5.74, 6) is 0.0945. The number of carbonyl (C=O) groups is 1. The SMILES string of the molecule is CNC1CN(C(=O)c2cc3cccc(C)c3[nH]2)C1. The second-order valence-electron chi connectivity index (χ2n) is 4.92. The van der Waals surface area contributed by atoms with E-state index in [4.69, 9.17) is 0 Å². The predicted octanol–water partition coefficient (Wildman–Crippen LogP) is 1.52. The molecule has 1 saturated heterocycles. The van der Waals surface area contributed by atoms with E-state index in [1.165, 1.54) is 5.56 Å². The summed E-state index contributed by atoms with van der Waals surface area (Å²) < 4.78 is 0. The number of aryl methyl sites for hydroxylation is 1. The van der Waals surface area contributed by atoms with Crippen LogP contribution in [0.2, 0.25) is 0 Å². The monoisotopic (exact) mass is 243 g/mol. The number of hydrogen-bond acceptors (Lipinski definition) is 2. The fourth-order valence-corrected chi connectivity index (χ4v) is 2.42. The van der Waals surface area contributed by atoms with Crippen molar-refractivity contribution in [1.29, 1.82) is 0 Å². The zero-order valence-electron chi connectivity index (χ0n) is 10.7. The van der Waals surface area contributed by atoms with E-state index in [9.17, 15) is 4.79 Å². The molecular weight excluding hydrogens is 226 g/mol. The van der Waals surface area contributed by atoms with Crippen molar-refractivity contribution >= 4 is 16.8 Å². The van der Waals surface area contributed by atoms with Crippen LogP contribution in [0.3, 0.4) is 0 Å². The second kappa shape index (κ2) is 4.14. The number of fused-ring (bicyclic) bond motifs is 1. The molecule has 2 N–H and O–H groups in total. The van der Waals surface area contributed by atoms with Gasteiger partial charge in [-0.05, 0) is 25.6 Å². The summed E-state index contributed by atoms with van der Waals surface area (Å²) in [7, 11) is 1.93. The van der Waals surface area contributed by atoms with Crippen molar-refractivity contribution in [2.24, 2.45) is 0 Å². The third-order valence-corrected chi connectivity index (χ3v) is 3.67. The molecule has 94 valence electrons. The van der Waals surface area contributed by atoms with Crippen LogP contribution in [0.5, 0.6) is 0 Å². The molecule has 1 aliphatic heterocycles. The summed E-state index contributed by atoms with van der Waals surface area (Å²) in [5.41, 5.74) is 2.92. The van der Waals surface area contributed by atoms with E-state index in [0.717, 1.165) is 24.0 Å². The Morgan fingerprint density at radius 1 is 1.44 bits per heavy atom. The highest BCUT2D eigenvalue weighted by atomic mass is 16.2. The first kappa shape index (κ1) is 11.3. The van der Waals surface area contributed by atoms with Crippen molar-refractivity contribution in [3.05, 3.63) is 35.5 Å². The largest absolute Gasteiger partial charge is 0.350 e. The average molecular weight is 243 g/mol. The van der Waals surface area contributed by atoms with Crippen molar-refractivity contribution in [3.63, 3.8) is 0 Å². The van der Waals surface area contributed by atoms with Gasteiger partial charge in [0.15, 0.2) is 0 Å². The van der Waals surface area contributed by atoms with Gasteiger partial charge in [0.25, 0.3) is 5.91 Å². The van der Waals surface area contributed by atoms with Crippen molar-refractivity contribution < 1.29 is 4.79 Å². The molecule has 1 aromatic carbocycles. The fourth-order valence-electron chi connectivity index (χ4n) is 2.42. The number of amides is 1. The molecule has 4 heteroatoms. The van der Waals surface area contributed by atoms with E-state index in [2.05, 4.69) is 10.3 Å². The molecule has 0 unspecified atom stereocenters. The van der Waals surface area contributed by atoms with Crippen LogP contribution < -0.4 is 5.32 Å². The molecule has 0 aliphatic carbocycles. The number of likely N-dealkylation sites (N-methyl/N-ethyl adjacent to an activating group) is 1. The Morgan fingerprint density at radius 2 is 2.22 bits per heavy atom. The number of hydrogen-bond donors (Lipinski definition) is 2. The molecule has 0 bridgehead atoms. The van der Waals surface area contributed by atoms with Crippen LogP contribution >= 0.6 is 0 Å². The molecule has 1 fully saturated rings. The van der Waals surface area contributed by atoms with Gasteiger partial charge in [0.05, 0.1) is 0 Å². The van der Waals surface area contributed by atoms with Crippen LogP contribution in [0.1, 0.15) is 16.1 Å². The van der Waals surface area contributed by atoms with Crippen molar-refractivity contribution in [2.75, 3.05) is 20.1 Å². The smallest absolute Gasteiger partial charge is 0.270 e. The number of nitrogens with one attached hydrogen (secondary N) is 2. The number of carbonyl (C=O) groups excluding carboxylic acids is 1. The van der Waals surface area contributed by atoms with Gasteiger partial charge in [0, 0.05) is 30.0 Å². The molecule has 0 spiro atoms. The number of H-pyrrole nitrogens is 1. The summed E-state index contributed by atoms with van der Waals surface area (Å²) in [6.07, 6.45) is 0. The van der Waals surface area contributed by atoms with Gasteiger partial charge in [-0.2, -0.15) is 0 Å². The van der Waals surface area contributed by atoms with E-state index in [0.29, 0.717) is 11.7 Å². The molecule has 1 aliphatic rings. The number of nitrogens with zero attached hydrogens (tertiary/aromatic N) is 1. The lowest BCUT2D eigenvalue weighted by Crippen LogP contribution is -2.58. The molecule has 2 heterocycles. The van der Waals surface area contributed by atoms with E-state index in [1.54, 1.807) is 0 Å². The summed E-state index contributed by atoms with van der Waals surface area (Å²) in [6.45, 7) is 3.64. The van der Waals surface area contributed by atoms with Crippen molar-refractivity contribution in [1.82, 2.24) is 15.2 Å². The predicted molar refractivity (Wildman–Crippen MR) is 71.8 cm³/mol. The van der Waals surface area contributed by atoms with Crippen LogP contribution in [0.25, 0.3) is 10.9 Å². The molecule has 0 saturated carbocycles. The van der Waals surface area contributed by atoms with Gasteiger partial charge < -0.3 is 15.2 Å². The van der Waals surface area contributed by atoms with Gasteiger partial charge in [-0.3, -0.25) is 4.79 Å². The number of aromatic nitrogens is 1. The zero-order chi connectivity index (χ0) is 12.7. The minimum Gasteiger partial charge on any atom is -0.350 e. The minimum atomic E-state index is 0.0945. The Morgan fingerprint density at radius 3 is 2.89 bits per heavy atom. The van der Waals surface area contributed by atoms with Crippen LogP contribution in [0.15, 0.2) is 24.3 Å². The Labute approximate surface area is 106 Å². The highest BCUT2D eigenvalue weighted by molar-refractivity contribution is 5.99. The average Bonchev–Trinajstić information content (AvgIpc) is 2.73. The first-order valence-corrected chi connectivity index (χ1v) is 6.24. The Hall–Kier alpha value is -1.81. The number of likely N-dealkylation sites (tertiary alicyclic amines) is 1. The fraction of sp³-hybridized carbons (Fsp3) is 0.357. The standard InChI is InChI=1S/C14H17N3O/c1-9-4-3-5-10-6-12(16-13(9)10)14(18)17-7-11(8-17)15-2/h3-6,11,15-16H,7-8H2,1-2H3. The Bertz CT molecular complexity index is 596. The van der Waals surface area contributed by atoms with Gasteiger partial charge in [0.1, 0.15) is 5.69 Å². The maximum atomic E-state index is 12.2. The van der Waals surface area contributed by atoms with Crippen molar-refractivity contribution in [2.45, 2.75) is 13.0 Å². The van der Waals surface area contributed by atoms with Gasteiger partial charge in [-0.25, -0.2) is 0 Å². The molecule has 1 amide bonds. The second-order valence-corrected chi connectivity index (χ2v) is 4.92. The van der Waals surface area contributed by atoms with Crippen LogP contribution in [-0.2, 0) is 0 Å². The number of para-hydroxylation sites is 1. The Kier molecular flexibility index (Phi) is 2.59. The molecule has 1 aromatic heterocycles. The first-order chi connectivity index (χ1) is 8.69. The van der Waals surface area contributed by atoms with Gasteiger partial charge >= 0.3 is 0 Å². The molecule has 2 aromatic rings. The highest BCUT2D eigenvalue weighted by Crippen LogP contribution is 2.21. The van der Waals surface area contributed by atoms with Crippen LogP contribution in [0, 0.1) is 6.92 Å². The van der Waals surface area contributed by atoms with Gasteiger partial charge in [-0.15, -0.1) is 0 Å². The maximum absolute atomic E-state index is 12.2. The summed E-state index contributed by atoms with van der Waals surface area (Å²) >= 11 is 0. The molecule has 0 atom stereocenters. The lowest BCUT2D eigenvalue weighted by Gasteiger charge is -2.38. The number of aromatic amines is 1. The molecule has 4 nitrogen and oxygen atoms in total. The van der Waals surface area contributed by atoms with Gasteiger partial charge in [0.2, 0.25) is 0 Å². The normalized spacial score (nSPS) is 16.0. The van der Waals surface area contributed by atoms with E-state index in [1.807, 2.05) is 43.1 Å². The third-order valence-electron chi connectivity index (χ3n) is 3.67. The van der Waals surface area contributed by atoms with Crippen LogP contribution in [0.4, 0.5) is 0 Å². The van der Waals surface area contributed by atoms with E-state index >= 15 is 0 Å². The molecule has 18 heavy (non-hydrogen) atoms. The molecule has 3 rings (SSSR count). The summed E-state index contributed by atoms with van der Waals surface area (Å²) in [6, 6.07) is 8.48. The minimum absolute atomic E-state index is 0.0945. The molecule has 0 radical (unpaired) electrons. The number of rotatable bonds is 2. The molecular formula is C14H17N3O. The zero-order valence-corrected chi connectivity index (χ0v) is 10.7. The lowest BCUT2D eigenvalue weighted by molar-refractivity contribution is 0.0572. The van der Waals surface area contributed by atoms with E-state index < -0.39 is 0 Å². The third kappa shape index (κ3) is 1.69. The Balaban J connectivity index is 1.87. The topological polar surface area (TPSA) is 48.1 Å². The highest BCUT2D eigenvalue weighted by Gasteiger charge is 2.30. The summed E-state index contributed by atoms with van der Waals surface area (Å²) in [4.78, 5) is 17.3. The quantitative estimate of drug-likeness (QED) is 0.840.